The van der Waals surface area contributed by atoms with Gasteiger partial charge in [-0.3, -0.25) is 4.79 Å². The van der Waals surface area contributed by atoms with Crippen LogP contribution in [0.15, 0.2) is 24.3 Å². The molecule has 0 N–H and O–H groups in total. The molecule has 2 atom stereocenters. The Kier molecular flexibility index (Phi) is 2.89. The van der Waals surface area contributed by atoms with Gasteiger partial charge < -0.3 is 4.90 Å². The van der Waals surface area contributed by atoms with Crippen molar-refractivity contribution < 1.29 is 4.79 Å². The van der Waals surface area contributed by atoms with Crippen LogP contribution >= 0.6 is 0 Å². The van der Waals surface area contributed by atoms with Gasteiger partial charge in [-0.25, -0.2) is 0 Å². The first kappa shape index (κ1) is 11.8. The highest BCUT2D eigenvalue weighted by Crippen LogP contribution is 2.54. The van der Waals surface area contributed by atoms with Crippen LogP contribution in [0, 0.1) is 17.8 Å². The molecule has 96 valence electrons. The summed E-state index contributed by atoms with van der Waals surface area (Å²) in [5.41, 5.74) is 2.35. The van der Waals surface area contributed by atoms with Crippen molar-refractivity contribution in [1.82, 2.24) is 0 Å². The summed E-state index contributed by atoms with van der Waals surface area (Å²) in [7, 11) is 1.91. The molecule has 2 unspecified atom stereocenters. The van der Waals surface area contributed by atoms with E-state index in [0.29, 0.717) is 5.91 Å². The van der Waals surface area contributed by atoms with Gasteiger partial charge in [0.2, 0.25) is 5.91 Å². The van der Waals surface area contributed by atoms with Crippen molar-refractivity contribution in [1.29, 1.82) is 0 Å². The predicted octanol–water partition coefficient (Wildman–Crippen LogP) is 3.26. The predicted molar refractivity (Wildman–Crippen MR) is 73.6 cm³/mol. The number of nitrogens with zero attached hydrogens (tertiary/aromatic N) is 1. The summed E-state index contributed by atoms with van der Waals surface area (Å²) >= 11 is 0. The highest BCUT2D eigenvalue weighted by atomic mass is 16.2. The van der Waals surface area contributed by atoms with E-state index in [1.54, 1.807) is 0 Å². The molecule has 0 aliphatic heterocycles. The van der Waals surface area contributed by atoms with Crippen LogP contribution in [0.3, 0.4) is 0 Å². The topological polar surface area (TPSA) is 20.3 Å². The molecule has 0 radical (unpaired) electrons. The molecule has 0 saturated heterocycles. The first-order valence-electron chi connectivity index (χ1n) is 7.05. The number of carbonyl (C=O) groups excluding carboxylic acids is 1. The summed E-state index contributed by atoms with van der Waals surface area (Å²) in [6, 6.07) is 8.36. The second-order valence-corrected chi connectivity index (χ2v) is 5.84. The molecule has 18 heavy (non-hydrogen) atoms. The van der Waals surface area contributed by atoms with Crippen molar-refractivity contribution in [2.45, 2.75) is 32.6 Å². The maximum Gasteiger partial charge on any atom is 0.229 e. The summed E-state index contributed by atoms with van der Waals surface area (Å²) in [5, 5.41) is 0. The number of carbonyl (C=O) groups is 1. The van der Waals surface area contributed by atoms with Crippen LogP contribution in [0.2, 0.25) is 0 Å². The number of rotatable bonds is 3. The van der Waals surface area contributed by atoms with E-state index in [1.807, 2.05) is 11.9 Å². The largest absolute Gasteiger partial charge is 0.315 e. The molecule has 0 aromatic heterocycles. The lowest BCUT2D eigenvalue weighted by Crippen LogP contribution is -2.32. The van der Waals surface area contributed by atoms with Gasteiger partial charge >= 0.3 is 0 Å². The third kappa shape index (κ3) is 2.05. The molecular formula is C16H21NO. The van der Waals surface area contributed by atoms with Gasteiger partial charge in [-0.1, -0.05) is 19.1 Å². The van der Waals surface area contributed by atoms with E-state index in [9.17, 15) is 4.79 Å². The minimum absolute atomic E-state index is 0.282. The summed E-state index contributed by atoms with van der Waals surface area (Å²) in [5.74, 6) is 2.33. The summed E-state index contributed by atoms with van der Waals surface area (Å²) in [4.78, 5) is 14.2. The molecular weight excluding hydrogens is 222 g/mol. The lowest BCUT2D eigenvalue weighted by atomic mass is 10.0. The zero-order chi connectivity index (χ0) is 12.7. The minimum atomic E-state index is 0.282. The van der Waals surface area contributed by atoms with Gasteiger partial charge in [0, 0.05) is 18.7 Å². The van der Waals surface area contributed by atoms with Crippen LogP contribution in [0.25, 0.3) is 0 Å². The Balaban J connectivity index is 1.68. The van der Waals surface area contributed by atoms with Crippen molar-refractivity contribution in [3.8, 4) is 0 Å². The van der Waals surface area contributed by atoms with Gasteiger partial charge in [-0.15, -0.1) is 0 Å². The molecule has 2 fully saturated rings. The summed E-state index contributed by atoms with van der Waals surface area (Å²) in [6.07, 6.45) is 4.67. The molecule has 1 aromatic rings. The van der Waals surface area contributed by atoms with Gasteiger partial charge in [0.25, 0.3) is 0 Å². The number of benzene rings is 1. The number of anilines is 1. The van der Waals surface area contributed by atoms with Crippen LogP contribution in [-0.2, 0) is 11.2 Å². The van der Waals surface area contributed by atoms with E-state index >= 15 is 0 Å². The SMILES string of the molecule is CCc1ccc(N(C)C(=O)C2CC3CC3C2)cc1. The molecule has 2 heteroatoms. The van der Waals surface area contributed by atoms with Gasteiger partial charge in [-0.05, 0) is 55.2 Å². The lowest BCUT2D eigenvalue weighted by Gasteiger charge is -2.22. The molecule has 1 amide bonds. The zero-order valence-electron chi connectivity index (χ0n) is 11.2. The third-order valence-electron chi connectivity index (χ3n) is 4.66. The molecule has 1 aromatic carbocycles. The van der Waals surface area contributed by atoms with E-state index in [-0.39, 0.29) is 5.92 Å². The number of amides is 1. The van der Waals surface area contributed by atoms with Gasteiger partial charge in [0.15, 0.2) is 0 Å². The van der Waals surface area contributed by atoms with Crippen LogP contribution in [0.4, 0.5) is 5.69 Å². The second-order valence-electron chi connectivity index (χ2n) is 5.84. The highest BCUT2D eigenvalue weighted by molar-refractivity contribution is 5.94. The first-order chi connectivity index (χ1) is 8.69. The number of hydrogen-bond acceptors (Lipinski definition) is 1. The van der Waals surface area contributed by atoms with Gasteiger partial charge in [0.1, 0.15) is 0 Å². The van der Waals surface area contributed by atoms with E-state index in [0.717, 1.165) is 36.8 Å². The fourth-order valence-electron chi connectivity index (χ4n) is 3.27. The summed E-state index contributed by atoms with van der Waals surface area (Å²) < 4.78 is 0. The van der Waals surface area contributed by atoms with E-state index in [2.05, 4.69) is 31.2 Å². The van der Waals surface area contributed by atoms with E-state index in [1.165, 1.54) is 12.0 Å². The molecule has 0 bridgehead atoms. The molecule has 2 nitrogen and oxygen atoms in total. The average molecular weight is 243 g/mol. The summed E-state index contributed by atoms with van der Waals surface area (Å²) in [6.45, 7) is 2.15. The average Bonchev–Trinajstić information content (AvgIpc) is 3.03. The van der Waals surface area contributed by atoms with Crippen molar-refractivity contribution in [2.24, 2.45) is 17.8 Å². The normalized spacial score (nSPS) is 28.9. The Morgan fingerprint density at radius 1 is 1.17 bits per heavy atom. The Hall–Kier alpha value is -1.31. The second kappa shape index (κ2) is 4.42. The van der Waals surface area contributed by atoms with Gasteiger partial charge in [0.05, 0.1) is 0 Å². The molecule has 3 rings (SSSR count). The van der Waals surface area contributed by atoms with Crippen molar-refractivity contribution in [3.05, 3.63) is 29.8 Å². The van der Waals surface area contributed by atoms with Crippen LogP contribution in [0.1, 0.15) is 31.7 Å². The lowest BCUT2D eigenvalue weighted by molar-refractivity contribution is -0.122. The molecule has 2 aliphatic rings. The fraction of sp³-hybridized carbons (Fsp3) is 0.562. The number of hydrogen-bond donors (Lipinski definition) is 0. The minimum Gasteiger partial charge on any atom is -0.315 e. The van der Waals surface area contributed by atoms with Crippen LogP contribution in [0.5, 0.6) is 0 Å². The monoisotopic (exact) mass is 243 g/mol. The number of aryl methyl sites for hydroxylation is 1. The third-order valence-corrected chi connectivity index (χ3v) is 4.66. The first-order valence-corrected chi connectivity index (χ1v) is 7.05. The molecule has 0 spiro atoms. The maximum atomic E-state index is 12.4. The van der Waals surface area contributed by atoms with Gasteiger partial charge in [-0.2, -0.15) is 0 Å². The van der Waals surface area contributed by atoms with E-state index in [4.69, 9.17) is 0 Å². The van der Waals surface area contributed by atoms with Crippen LogP contribution < -0.4 is 4.90 Å². The van der Waals surface area contributed by atoms with Crippen molar-refractivity contribution in [2.75, 3.05) is 11.9 Å². The Morgan fingerprint density at radius 3 is 2.33 bits per heavy atom. The Labute approximate surface area is 109 Å². The maximum absolute atomic E-state index is 12.4. The Morgan fingerprint density at radius 2 is 1.78 bits per heavy atom. The number of fused-ring (bicyclic) bond motifs is 1. The molecule has 0 heterocycles. The smallest absolute Gasteiger partial charge is 0.229 e. The zero-order valence-corrected chi connectivity index (χ0v) is 11.2. The molecule has 2 saturated carbocycles. The highest BCUT2D eigenvalue weighted by Gasteiger charge is 2.48. The van der Waals surface area contributed by atoms with E-state index < -0.39 is 0 Å². The van der Waals surface area contributed by atoms with Crippen LogP contribution in [-0.4, -0.2) is 13.0 Å². The standard InChI is InChI=1S/C16H21NO/c1-3-11-4-6-15(7-5-11)17(2)16(18)14-9-12-8-13(12)10-14/h4-7,12-14H,3,8-10H2,1-2H3. The Bertz CT molecular complexity index is 441. The molecule has 2 aliphatic carbocycles. The fourth-order valence-corrected chi connectivity index (χ4v) is 3.27. The quantitative estimate of drug-likeness (QED) is 0.798. The van der Waals surface area contributed by atoms with Crippen molar-refractivity contribution >= 4 is 11.6 Å². The van der Waals surface area contributed by atoms with Crippen molar-refractivity contribution in [3.63, 3.8) is 0 Å².